The maximum Gasteiger partial charge on any atom is 0.408 e. The molecule has 0 aromatic heterocycles. The van der Waals surface area contributed by atoms with Gasteiger partial charge < -0.3 is 20.2 Å². The highest BCUT2D eigenvalue weighted by molar-refractivity contribution is 6.01. The Balaban J connectivity index is 0.00000407. The number of nitrogens with zero attached hydrogens (tertiary/aromatic N) is 1. The van der Waals surface area contributed by atoms with Gasteiger partial charge in [0.2, 0.25) is 5.91 Å². The first-order chi connectivity index (χ1) is 14.1. The molecule has 0 bridgehead atoms. The predicted molar refractivity (Wildman–Crippen MR) is 121 cm³/mol. The highest BCUT2D eigenvalue weighted by Crippen LogP contribution is 2.14. The molecule has 0 saturated heterocycles. The number of benzene rings is 1. The van der Waals surface area contributed by atoms with Gasteiger partial charge in [0.1, 0.15) is 17.9 Å². The van der Waals surface area contributed by atoms with E-state index in [1.807, 2.05) is 44.2 Å². The number of amides is 2. The van der Waals surface area contributed by atoms with Crippen LogP contribution in [0.15, 0.2) is 47.8 Å². The van der Waals surface area contributed by atoms with Gasteiger partial charge in [-0.3, -0.25) is 4.79 Å². The number of ether oxygens (including phenoxy) is 1. The lowest BCUT2D eigenvalue weighted by molar-refractivity contribution is -0.120. The van der Waals surface area contributed by atoms with Crippen LogP contribution < -0.4 is 10.6 Å². The van der Waals surface area contributed by atoms with Crippen molar-refractivity contribution in [3.05, 3.63) is 48.2 Å². The Labute approximate surface area is 180 Å². The molecule has 7 heteroatoms. The number of carbonyl (C=O) groups excluding carboxylic acids is 2. The number of nitrogens with one attached hydrogen (secondary N) is 2. The highest BCUT2D eigenvalue weighted by Gasteiger charge is 2.16. The normalized spacial score (nSPS) is 12.0. The molecule has 0 saturated carbocycles. The first-order valence-electron chi connectivity index (χ1n) is 10.3. The number of alkyl carbamates (subject to hydrolysis) is 1. The molecule has 0 aliphatic rings. The third-order valence-electron chi connectivity index (χ3n) is 3.70. The monoisotopic (exact) mass is 419 g/mol. The maximum atomic E-state index is 11.8. The molecule has 7 nitrogen and oxygen atoms in total. The van der Waals surface area contributed by atoms with Crippen molar-refractivity contribution in [2.75, 3.05) is 13.1 Å². The number of carbonyl (C=O) groups is 2. The van der Waals surface area contributed by atoms with Crippen molar-refractivity contribution < 1.29 is 19.2 Å². The fraction of sp³-hybridized carbons (Fsp3) is 0.522. The maximum absolute atomic E-state index is 11.8. The molecule has 0 heterocycles. The van der Waals surface area contributed by atoms with Gasteiger partial charge in [-0.15, -0.1) is 0 Å². The van der Waals surface area contributed by atoms with Crippen molar-refractivity contribution in [1.82, 2.24) is 10.6 Å². The average molecular weight is 420 g/mol. The van der Waals surface area contributed by atoms with E-state index >= 15 is 0 Å². The van der Waals surface area contributed by atoms with E-state index in [1.165, 1.54) is 0 Å². The summed E-state index contributed by atoms with van der Waals surface area (Å²) in [5, 5.41) is 9.22. The summed E-state index contributed by atoms with van der Waals surface area (Å²) in [7, 11) is 0. The summed E-state index contributed by atoms with van der Waals surface area (Å²) in [5.74, 6) is 0.120. The van der Waals surface area contributed by atoms with Crippen LogP contribution in [0.5, 0.6) is 0 Å². The fourth-order valence-electron chi connectivity index (χ4n) is 2.10. The van der Waals surface area contributed by atoms with E-state index in [0.717, 1.165) is 17.7 Å². The van der Waals surface area contributed by atoms with Crippen molar-refractivity contribution in [3.63, 3.8) is 0 Å². The number of hydrogen-bond acceptors (Lipinski definition) is 5. The molecular formula is C23H37N3O4. The second-order valence-electron chi connectivity index (χ2n) is 7.41. The zero-order valence-electron chi connectivity index (χ0n) is 19.4. The largest absolute Gasteiger partial charge is 0.444 e. The quantitative estimate of drug-likeness (QED) is 0.347. The lowest BCUT2D eigenvalue weighted by atomic mass is 9.96. The van der Waals surface area contributed by atoms with Gasteiger partial charge in [0.25, 0.3) is 0 Å². The second-order valence-corrected chi connectivity index (χ2v) is 7.41. The Kier molecular flexibility index (Phi) is 12.9. The van der Waals surface area contributed by atoms with Crippen LogP contribution >= 0.6 is 0 Å². The summed E-state index contributed by atoms with van der Waals surface area (Å²) in [4.78, 5) is 28.7. The number of rotatable bonds is 9. The van der Waals surface area contributed by atoms with Crippen LogP contribution in [0, 0.1) is 5.92 Å². The second kappa shape index (κ2) is 14.2. The molecule has 1 atom stereocenters. The fourth-order valence-corrected chi connectivity index (χ4v) is 2.10. The zero-order valence-corrected chi connectivity index (χ0v) is 19.4. The lowest BCUT2D eigenvalue weighted by Crippen LogP contribution is -2.40. The van der Waals surface area contributed by atoms with Crippen LogP contribution in [0.1, 0.15) is 60.5 Å². The lowest BCUT2D eigenvalue weighted by Gasteiger charge is -2.19. The standard InChI is InChI=1S/C21H31N3O4.C2H6/c1-7-15(2)19(17-11-9-8-10-12-17)24-28-16(3)13-22-18(25)14-23-20(26)27-21(4,5)6;1-2/h8-12,15H,3,7,13-14H2,1-2,4-6H3,(H,22,25)(H,23,26);1-2H3/b24-19+;. The van der Waals surface area contributed by atoms with Crippen LogP contribution in [0.4, 0.5) is 4.79 Å². The van der Waals surface area contributed by atoms with E-state index in [1.54, 1.807) is 20.8 Å². The van der Waals surface area contributed by atoms with E-state index in [4.69, 9.17) is 9.57 Å². The minimum Gasteiger partial charge on any atom is -0.444 e. The van der Waals surface area contributed by atoms with Crippen molar-refractivity contribution in [3.8, 4) is 0 Å². The Bertz CT molecular complexity index is 694. The number of hydrogen-bond donors (Lipinski definition) is 2. The van der Waals surface area contributed by atoms with E-state index in [0.29, 0.717) is 5.76 Å². The molecule has 0 fully saturated rings. The summed E-state index contributed by atoms with van der Waals surface area (Å²) >= 11 is 0. The minimum atomic E-state index is -0.650. The van der Waals surface area contributed by atoms with Gasteiger partial charge in [-0.1, -0.05) is 69.8 Å². The highest BCUT2D eigenvalue weighted by atomic mass is 16.6. The molecule has 0 aliphatic carbocycles. The molecule has 1 unspecified atom stereocenters. The van der Waals surface area contributed by atoms with Gasteiger partial charge in [0, 0.05) is 5.92 Å². The van der Waals surface area contributed by atoms with Crippen molar-refractivity contribution in [1.29, 1.82) is 0 Å². The first-order valence-corrected chi connectivity index (χ1v) is 10.3. The average Bonchev–Trinajstić information content (AvgIpc) is 2.71. The van der Waals surface area contributed by atoms with E-state index in [9.17, 15) is 9.59 Å². The van der Waals surface area contributed by atoms with E-state index in [2.05, 4.69) is 36.2 Å². The Morgan fingerprint density at radius 2 is 1.70 bits per heavy atom. The van der Waals surface area contributed by atoms with Gasteiger partial charge in [0.15, 0.2) is 0 Å². The van der Waals surface area contributed by atoms with Gasteiger partial charge >= 0.3 is 6.09 Å². The third kappa shape index (κ3) is 11.9. The van der Waals surface area contributed by atoms with Crippen LogP contribution in [0.2, 0.25) is 0 Å². The van der Waals surface area contributed by atoms with Crippen LogP contribution in [-0.2, 0) is 14.4 Å². The summed E-state index contributed by atoms with van der Waals surface area (Å²) in [6.45, 7) is 17.0. The van der Waals surface area contributed by atoms with E-state index in [-0.39, 0.29) is 24.9 Å². The molecule has 0 aliphatic heterocycles. The van der Waals surface area contributed by atoms with Crippen LogP contribution in [-0.4, -0.2) is 36.4 Å². The molecule has 2 N–H and O–H groups in total. The first kappa shape index (κ1) is 27.2. The van der Waals surface area contributed by atoms with Crippen molar-refractivity contribution in [2.45, 2.75) is 60.5 Å². The summed E-state index contributed by atoms with van der Waals surface area (Å²) in [6, 6.07) is 9.78. The molecule has 30 heavy (non-hydrogen) atoms. The summed E-state index contributed by atoms with van der Waals surface area (Å²) in [5.41, 5.74) is 1.18. The zero-order chi connectivity index (χ0) is 23.2. The van der Waals surface area contributed by atoms with Gasteiger partial charge in [-0.25, -0.2) is 4.79 Å². The van der Waals surface area contributed by atoms with Crippen LogP contribution in [0.3, 0.4) is 0 Å². The van der Waals surface area contributed by atoms with Gasteiger partial charge in [0.05, 0.1) is 12.3 Å². The minimum absolute atomic E-state index is 0.0842. The Morgan fingerprint density at radius 3 is 2.23 bits per heavy atom. The molecular weight excluding hydrogens is 382 g/mol. The SMILES string of the molecule is C=C(CNC(=O)CNC(=O)OC(C)(C)C)O/N=C(/c1ccccc1)C(C)CC.CC. The van der Waals surface area contributed by atoms with Crippen molar-refractivity contribution >= 4 is 17.7 Å². The Hall–Kier alpha value is -2.83. The molecule has 1 rings (SSSR count). The molecule has 1 aromatic carbocycles. The van der Waals surface area contributed by atoms with Crippen LogP contribution in [0.25, 0.3) is 0 Å². The summed E-state index contributed by atoms with van der Waals surface area (Å²) < 4.78 is 5.06. The molecule has 168 valence electrons. The molecule has 1 aromatic rings. The Morgan fingerprint density at radius 1 is 1.10 bits per heavy atom. The summed E-state index contributed by atoms with van der Waals surface area (Å²) in [6.07, 6.45) is 0.264. The van der Waals surface area contributed by atoms with Gasteiger partial charge in [-0.2, -0.15) is 0 Å². The van der Waals surface area contributed by atoms with Gasteiger partial charge in [-0.05, 0) is 32.8 Å². The number of oxime groups is 1. The van der Waals surface area contributed by atoms with Crippen molar-refractivity contribution in [2.24, 2.45) is 11.1 Å². The smallest absolute Gasteiger partial charge is 0.408 e. The molecule has 0 radical (unpaired) electrons. The van der Waals surface area contributed by atoms with E-state index < -0.39 is 11.7 Å². The molecule has 2 amide bonds. The third-order valence-corrected chi connectivity index (χ3v) is 3.70. The molecule has 0 spiro atoms. The predicted octanol–water partition coefficient (Wildman–Crippen LogP) is 4.63. The topological polar surface area (TPSA) is 89.0 Å².